The molecule has 6 heteroatoms. The van der Waals surface area contributed by atoms with Gasteiger partial charge in [-0.3, -0.25) is 0 Å². The van der Waals surface area contributed by atoms with E-state index in [4.69, 9.17) is 24.4 Å². The van der Waals surface area contributed by atoms with Crippen molar-refractivity contribution in [1.29, 1.82) is 0 Å². The Labute approximate surface area is 361 Å². The predicted molar refractivity (Wildman–Crippen MR) is 256 cm³/mol. The van der Waals surface area contributed by atoms with Crippen LogP contribution in [0.5, 0.6) is 0 Å². The standard InChI is InChI=1S/C56H34N4OS/c1-3-14-35(15-4-1)37-28-30-38(31-29-37)50-49-45-24-7-9-26-47(45)61-56(49)60-55(57-50)44-23-13-21-42(34-44)51-53-52(46-25-8-10-27-48(46)62-53)59-54(58-51)43-22-12-20-41(33-43)40-19-11-18-39(32-40)36-16-5-2-6-17-36/h1-34H. The molecule has 12 aromatic rings. The summed E-state index contributed by atoms with van der Waals surface area (Å²) in [6.45, 7) is 0. The summed E-state index contributed by atoms with van der Waals surface area (Å²) in [6, 6.07) is 71.7. The summed E-state index contributed by atoms with van der Waals surface area (Å²) >= 11 is 1.72. The molecule has 290 valence electrons. The van der Waals surface area contributed by atoms with Crippen LogP contribution in [0.25, 0.3) is 121 Å². The van der Waals surface area contributed by atoms with E-state index in [0.717, 1.165) is 82.3 Å². The average molecular weight is 811 g/mol. The van der Waals surface area contributed by atoms with Gasteiger partial charge in [-0.15, -0.1) is 11.3 Å². The Morgan fingerprint density at radius 1 is 0.339 bits per heavy atom. The molecule has 4 aromatic heterocycles. The van der Waals surface area contributed by atoms with E-state index in [9.17, 15) is 0 Å². The lowest BCUT2D eigenvalue weighted by Crippen LogP contribution is -1.96. The molecule has 12 rings (SSSR count). The average Bonchev–Trinajstić information content (AvgIpc) is 3.93. The maximum Gasteiger partial charge on any atom is 0.231 e. The minimum absolute atomic E-state index is 0.550. The molecule has 62 heavy (non-hydrogen) atoms. The van der Waals surface area contributed by atoms with Gasteiger partial charge in [-0.25, -0.2) is 15.0 Å². The Kier molecular flexibility index (Phi) is 8.61. The molecule has 0 fully saturated rings. The maximum atomic E-state index is 6.44. The summed E-state index contributed by atoms with van der Waals surface area (Å²) in [6.07, 6.45) is 0. The van der Waals surface area contributed by atoms with Gasteiger partial charge in [0, 0.05) is 37.7 Å². The third-order valence-corrected chi connectivity index (χ3v) is 12.7. The molecule has 5 nitrogen and oxygen atoms in total. The highest BCUT2D eigenvalue weighted by molar-refractivity contribution is 7.26. The van der Waals surface area contributed by atoms with Crippen molar-refractivity contribution in [3.8, 4) is 78.7 Å². The molecular formula is C56H34N4OS. The molecule has 0 atom stereocenters. The molecule has 0 unspecified atom stereocenters. The first-order chi connectivity index (χ1) is 30.7. The minimum Gasteiger partial charge on any atom is -0.438 e. The zero-order chi connectivity index (χ0) is 41.0. The van der Waals surface area contributed by atoms with Gasteiger partial charge in [0.25, 0.3) is 0 Å². The van der Waals surface area contributed by atoms with Crippen LogP contribution in [0.2, 0.25) is 0 Å². The number of benzene rings is 8. The van der Waals surface area contributed by atoms with Crippen molar-refractivity contribution in [2.75, 3.05) is 0 Å². The number of para-hydroxylation sites is 1. The van der Waals surface area contributed by atoms with Crippen molar-refractivity contribution in [2.45, 2.75) is 0 Å². The van der Waals surface area contributed by atoms with Crippen molar-refractivity contribution >= 4 is 53.7 Å². The van der Waals surface area contributed by atoms with E-state index in [2.05, 4.69) is 176 Å². The van der Waals surface area contributed by atoms with E-state index in [1.165, 1.54) is 21.4 Å². The summed E-state index contributed by atoms with van der Waals surface area (Å²) in [7, 11) is 0. The topological polar surface area (TPSA) is 64.7 Å². The second-order valence-electron chi connectivity index (χ2n) is 15.4. The molecule has 0 aliphatic rings. The molecule has 0 aliphatic heterocycles. The van der Waals surface area contributed by atoms with Crippen LogP contribution < -0.4 is 0 Å². The van der Waals surface area contributed by atoms with Crippen LogP contribution in [-0.2, 0) is 0 Å². The number of aromatic nitrogens is 4. The molecule has 4 heterocycles. The van der Waals surface area contributed by atoms with Crippen molar-refractivity contribution in [3.63, 3.8) is 0 Å². The van der Waals surface area contributed by atoms with Gasteiger partial charge in [0.2, 0.25) is 5.71 Å². The SMILES string of the molecule is c1ccc(-c2ccc(-c3nc(-c4cccc(-c5nc(-c6cccc(-c7cccc(-c8ccccc8)c7)c6)nc6c5sc5ccccc56)c4)nc4oc5ccccc5c34)cc2)cc1. The van der Waals surface area contributed by atoms with Gasteiger partial charge >= 0.3 is 0 Å². The smallest absolute Gasteiger partial charge is 0.231 e. The quantitative estimate of drug-likeness (QED) is 0.160. The molecule has 0 bridgehead atoms. The summed E-state index contributed by atoms with van der Waals surface area (Å²) in [5, 5.41) is 3.00. The first-order valence-electron chi connectivity index (χ1n) is 20.6. The first kappa shape index (κ1) is 35.8. The summed E-state index contributed by atoms with van der Waals surface area (Å²) in [5.41, 5.74) is 14.6. The minimum atomic E-state index is 0.550. The third-order valence-electron chi connectivity index (χ3n) is 11.5. The van der Waals surface area contributed by atoms with Crippen LogP contribution in [0.4, 0.5) is 0 Å². The zero-order valence-electron chi connectivity index (χ0n) is 33.2. The monoisotopic (exact) mass is 810 g/mol. The number of hydrogen-bond donors (Lipinski definition) is 0. The summed E-state index contributed by atoms with van der Waals surface area (Å²) < 4.78 is 8.64. The van der Waals surface area contributed by atoms with E-state index < -0.39 is 0 Å². The highest BCUT2D eigenvalue weighted by atomic mass is 32.1. The fourth-order valence-corrected chi connectivity index (χ4v) is 9.63. The van der Waals surface area contributed by atoms with Gasteiger partial charge in [0.1, 0.15) is 5.58 Å². The lowest BCUT2D eigenvalue weighted by atomic mass is 9.98. The van der Waals surface area contributed by atoms with Crippen molar-refractivity contribution in [2.24, 2.45) is 0 Å². The molecule has 0 saturated carbocycles. The molecule has 8 aromatic carbocycles. The van der Waals surface area contributed by atoms with E-state index in [1.54, 1.807) is 11.3 Å². The molecule has 0 aliphatic carbocycles. The van der Waals surface area contributed by atoms with Crippen LogP contribution in [0.3, 0.4) is 0 Å². The van der Waals surface area contributed by atoms with Gasteiger partial charge in [-0.2, -0.15) is 4.98 Å². The molecular weight excluding hydrogens is 777 g/mol. The van der Waals surface area contributed by atoms with E-state index in [1.807, 2.05) is 30.3 Å². The van der Waals surface area contributed by atoms with Crippen molar-refractivity contribution < 1.29 is 4.42 Å². The van der Waals surface area contributed by atoms with Gasteiger partial charge in [-0.1, -0.05) is 176 Å². The van der Waals surface area contributed by atoms with Crippen LogP contribution in [0.15, 0.2) is 211 Å². The van der Waals surface area contributed by atoms with E-state index in [-0.39, 0.29) is 0 Å². The van der Waals surface area contributed by atoms with E-state index >= 15 is 0 Å². The number of rotatable bonds is 7. The van der Waals surface area contributed by atoms with Gasteiger partial charge in [0.15, 0.2) is 11.6 Å². The predicted octanol–water partition coefficient (Wildman–Crippen LogP) is 15.2. The highest BCUT2D eigenvalue weighted by Gasteiger charge is 2.21. The molecule has 0 spiro atoms. The largest absolute Gasteiger partial charge is 0.438 e. The highest BCUT2D eigenvalue weighted by Crippen LogP contribution is 2.42. The van der Waals surface area contributed by atoms with Gasteiger partial charge in [0.05, 0.1) is 27.0 Å². The zero-order valence-corrected chi connectivity index (χ0v) is 34.1. The number of hydrogen-bond acceptors (Lipinski definition) is 6. The molecule has 0 radical (unpaired) electrons. The summed E-state index contributed by atoms with van der Waals surface area (Å²) in [5.74, 6) is 1.25. The Hall–Kier alpha value is -8.06. The van der Waals surface area contributed by atoms with Crippen LogP contribution in [0, 0.1) is 0 Å². The van der Waals surface area contributed by atoms with Crippen LogP contribution in [0.1, 0.15) is 0 Å². The second-order valence-corrected chi connectivity index (χ2v) is 16.4. The molecule has 0 amide bonds. The lowest BCUT2D eigenvalue weighted by molar-refractivity contribution is 0.653. The van der Waals surface area contributed by atoms with E-state index in [0.29, 0.717) is 17.4 Å². The summed E-state index contributed by atoms with van der Waals surface area (Å²) in [4.78, 5) is 21.1. The lowest BCUT2D eigenvalue weighted by Gasteiger charge is -2.11. The normalized spacial score (nSPS) is 11.5. The Morgan fingerprint density at radius 2 is 0.823 bits per heavy atom. The van der Waals surface area contributed by atoms with Crippen LogP contribution in [-0.4, -0.2) is 19.9 Å². The third kappa shape index (κ3) is 6.33. The number of furan rings is 1. The Bertz CT molecular complexity index is 3630. The van der Waals surface area contributed by atoms with Gasteiger partial charge < -0.3 is 4.42 Å². The first-order valence-corrected chi connectivity index (χ1v) is 21.4. The second kappa shape index (κ2) is 14.9. The fraction of sp³-hybridized carbons (Fsp3) is 0. The fourth-order valence-electron chi connectivity index (χ4n) is 8.48. The Morgan fingerprint density at radius 3 is 1.55 bits per heavy atom. The number of nitrogens with zero attached hydrogens (tertiary/aromatic N) is 4. The van der Waals surface area contributed by atoms with Crippen molar-refractivity contribution in [3.05, 3.63) is 206 Å². The maximum absolute atomic E-state index is 6.44. The molecule has 0 N–H and O–H groups in total. The number of fused-ring (bicyclic) bond motifs is 6. The number of thiophene rings is 1. The molecule has 0 saturated heterocycles. The van der Waals surface area contributed by atoms with Crippen molar-refractivity contribution in [1.82, 2.24) is 19.9 Å². The Balaban J connectivity index is 0.994. The van der Waals surface area contributed by atoms with Gasteiger partial charge in [-0.05, 0) is 63.7 Å². The van der Waals surface area contributed by atoms with Crippen LogP contribution >= 0.6 is 11.3 Å².